The summed E-state index contributed by atoms with van der Waals surface area (Å²) in [6.45, 7) is 2.90. The fourth-order valence-electron chi connectivity index (χ4n) is 2.70. The Labute approximate surface area is 146 Å². The molecule has 0 radical (unpaired) electrons. The smallest absolute Gasteiger partial charge is 0.264 e. The lowest BCUT2D eigenvalue weighted by atomic mass is 10.2. The van der Waals surface area contributed by atoms with Crippen LogP contribution in [0.25, 0.3) is 0 Å². The number of thioether (sulfide) groups is 1. The van der Waals surface area contributed by atoms with Gasteiger partial charge in [0.05, 0.1) is 12.8 Å². The Morgan fingerprint density at radius 3 is 2.67 bits per heavy atom. The number of rotatable bonds is 4. The molecule has 24 heavy (non-hydrogen) atoms. The van der Waals surface area contributed by atoms with Gasteiger partial charge in [0.25, 0.3) is 5.91 Å². The number of amides is 1. The molecule has 5 heteroatoms. The quantitative estimate of drug-likeness (QED) is 0.841. The van der Waals surface area contributed by atoms with Crippen LogP contribution in [0.15, 0.2) is 53.4 Å². The second-order valence-electron chi connectivity index (χ2n) is 5.67. The van der Waals surface area contributed by atoms with Gasteiger partial charge in [0.2, 0.25) is 0 Å². The van der Waals surface area contributed by atoms with Crippen LogP contribution in [0.4, 0.5) is 5.69 Å². The van der Waals surface area contributed by atoms with Gasteiger partial charge in [-0.3, -0.25) is 4.79 Å². The number of hydrogen-bond acceptors (Lipinski definition) is 4. The highest BCUT2D eigenvalue weighted by Crippen LogP contribution is 2.37. The van der Waals surface area contributed by atoms with E-state index in [1.54, 1.807) is 13.2 Å². The van der Waals surface area contributed by atoms with Gasteiger partial charge in [0, 0.05) is 16.7 Å². The third kappa shape index (κ3) is 3.67. The average Bonchev–Trinajstić information content (AvgIpc) is 2.78. The standard InChI is InChI=1S/C19H21NO3S/c1-14-11-12-20(15-7-3-6-10-18(15)24-14)19(21)13-23-17-9-5-4-8-16(17)22-2/h3-10,14H,11-13H2,1-2H3/t14-/m1/s1. The minimum Gasteiger partial charge on any atom is -0.493 e. The zero-order chi connectivity index (χ0) is 16.9. The first-order chi connectivity index (χ1) is 11.7. The van der Waals surface area contributed by atoms with E-state index >= 15 is 0 Å². The number of methoxy groups -OCH3 is 1. The summed E-state index contributed by atoms with van der Waals surface area (Å²) in [5.41, 5.74) is 0.973. The largest absolute Gasteiger partial charge is 0.493 e. The van der Waals surface area contributed by atoms with Crippen LogP contribution in [0.2, 0.25) is 0 Å². The van der Waals surface area contributed by atoms with Crippen LogP contribution < -0.4 is 14.4 Å². The monoisotopic (exact) mass is 343 g/mol. The first-order valence-corrected chi connectivity index (χ1v) is 8.89. The van der Waals surface area contributed by atoms with E-state index in [2.05, 4.69) is 13.0 Å². The van der Waals surface area contributed by atoms with Gasteiger partial charge in [-0.1, -0.05) is 31.2 Å². The van der Waals surface area contributed by atoms with Crippen molar-refractivity contribution in [3.8, 4) is 11.5 Å². The molecule has 1 amide bonds. The highest BCUT2D eigenvalue weighted by Gasteiger charge is 2.24. The molecule has 0 bridgehead atoms. The SMILES string of the molecule is COc1ccccc1OCC(=O)N1CC[C@@H](C)Sc2ccccc21. The Morgan fingerprint density at radius 2 is 1.88 bits per heavy atom. The second kappa shape index (κ2) is 7.62. The van der Waals surface area contributed by atoms with Crippen LogP contribution in [-0.4, -0.2) is 31.4 Å². The van der Waals surface area contributed by atoms with Gasteiger partial charge in [-0.15, -0.1) is 11.8 Å². The predicted molar refractivity (Wildman–Crippen MR) is 97.2 cm³/mol. The van der Waals surface area contributed by atoms with Crippen molar-refractivity contribution in [1.82, 2.24) is 0 Å². The van der Waals surface area contributed by atoms with E-state index in [1.807, 2.05) is 53.1 Å². The van der Waals surface area contributed by atoms with Crippen LogP contribution in [0.3, 0.4) is 0 Å². The number of carbonyl (C=O) groups excluding carboxylic acids is 1. The van der Waals surface area contributed by atoms with Crippen LogP contribution in [0.1, 0.15) is 13.3 Å². The molecule has 1 aliphatic heterocycles. The van der Waals surface area contributed by atoms with E-state index in [0.29, 0.717) is 23.3 Å². The van der Waals surface area contributed by atoms with E-state index in [9.17, 15) is 4.79 Å². The molecule has 0 unspecified atom stereocenters. The molecular weight excluding hydrogens is 322 g/mol. The second-order valence-corrected chi connectivity index (χ2v) is 7.15. The molecule has 0 spiro atoms. The van der Waals surface area contributed by atoms with Crippen molar-refractivity contribution >= 4 is 23.4 Å². The molecule has 1 aliphatic rings. The summed E-state index contributed by atoms with van der Waals surface area (Å²) in [6, 6.07) is 15.4. The maximum atomic E-state index is 12.7. The van der Waals surface area contributed by atoms with Gasteiger partial charge in [-0.05, 0) is 30.7 Å². The maximum absolute atomic E-state index is 12.7. The fourth-order valence-corrected chi connectivity index (χ4v) is 3.81. The third-order valence-corrected chi connectivity index (χ3v) is 5.20. The van der Waals surface area contributed by atoms with Crippen molar-refractivity contribution in [2.24, 2.45) is 0 Å². The van der Waals surface area contributed by atoms with Crippen LogP contribution in [0, 0.1) is 0 Å². The normalized spacial score (nSPS) is 16.9. The van der Waals surface area contributed by atoms with Crippen molar-refractivity contribution in [2.75, 3.05) is 25.2 Å². The van der Waals surface area contributed by atoms with Crippen LogP contribution >= 0.6 is 11.8 Å². The van der Waals surface area contributed by atoms with E-state index in [-0.39, 0.29) is 12.5 Å². The minimum atomic E-state index is -0.0388. The van der Waals surface area contributed by atoms with Crippen molar-refractivity contribution in [1.29, 1.82) is 0 Å². The fraction of sp³-hybridized carbons (Fsp3) is 0.316. The van der Waals surface area contributed by atoms with E-state index in [4.69, 9.17) is 9.47 Å². The van der Waals surface area contributed by atoms with E-state index in [0.717, 1.165) is 17.0 Å². The van der Waals surface area contributed by atoms with Crippen LogP contribution in [0.5, 0.6) is 11.5 Å². The minimum absolute atomic E-state index is 0.00620. The number of carbonyl (C=O) groups is 1. The van der Waals surface area contributed by atoms with E-state index < -0.39 is 0 Å². The molecule has 0 fully saturated rings. The Bertz CT molecular complexity index is 719. The maximum Gasteiger partial charge on any atom is 0.264 e. The molecule has 1 atom stereocenters. The molecule has 126 valence electrons. The zero-order valence-electron chi connectivity index (χ0n) is 13.9. The summed E-state index contributed by atoms with van der Waals surface area (Å²) in [7, 11) is 1.59. The molecule has 0 aliphatic carbocycles. The average molecular weight is 343 g/mol. The van der Waals surface area contributed by atoms with Gasteiger partial charge >= 0.3 is 0 Å². The molecule has 2 aromatic carbocycles. The highest BCUT2D eigenvalue weighted by molar-refractivity contribution is 8.00. The van der Waals surface area contributed by atoms with Crippen molar-refractivity contribution in [3.63, 3.8) is 0 Å². The summed E-state index contributed by atoms with van der Waals surface area (Å²) >= 11 is 1.82. The number of para-hydroxylation sites is 3. The van der Waals surface area contributed by atoms with Crippen molar-refractivity contribution in [2.45, 2.75) is 23.5 Å². The summed E-state index contributed by atoms with van der Waals surface area (Å²) < 4.78 is 11.0. The molecule has 0 saturated carbocycles. The molecule has 0 aromatic heterocycles. The summed E-state index contributed by atoms with van der Waals surface area (Å²) in [5.74, 6) is 1.17. The van der Waals surface area contributed by atoms with Gasteiger partial charge in [0.1, 0.15) is 0 Å². The molecule has 3 rings (SSSR count). The number of nitrogens with zero attached hydrogens (tertiary/aromatic N) is 1. The first kappa shape index (κ1) is 16.7. The Hall–Kier alpha value is -2.14. The number of hydrogen-bond donors (Lipinski definition) is 0. The van der Waals surface area contributed by atoms with Crippen molar-refractivity contribution < 1.29 is 14.3 Å². The zero-order valence-corrected chi connectivity index (χ0v) is 14.7. The van der Waals surface area contributed by atoms with Crippen LogP contribution in [-0.2, 0) is 4.79 Å². The molecule has 4 nitrogen and oxygen atoms in total. The predicted octanol–water partition coefficient (Wildman–Crippen LogP) is 3.99. The Morgan fingerprint density at radius 1 is 1.17 bits per heavy atom. The number of benzene rings is 2. The Kier molecular flexibility index (Phi) is 5.30. The van der Waals surface area contributed by atoms with Gasteiger partial charge < -0.3 is 14.4 Å². The summed E-state index contributed by atoms with van der Waals surface area (Å²) in [4.78, 5) is 15.7. The van der Waals surface area contributed by atoms with Gasteiger partial charge in [0.15, 0.2) is 18.1 Å². The van der Waals surface area contributed by atoms with Gasteiger partial charge in [-0.25, -0.2) is 0 Å². The first-order valence-electron chi connectivity index (χ1n) is 8.01. The summed E-state index contributed by atoms with van der Waals surface area (Å²) in [5, 5.41) is 0.485. The lowest BCUT2D eigenvalue weighted by molar-refractivity contribution is -0.120. The Balaban J connectivity index is 1.75. The molecular formula is C19H21NO3S. The molecule has 2 aromatic rings. The highest BCUT2D eigenvalue weighted by atomic mass is 32.2. The van der Waals surface area contributed by atoms with Crippen molar-refractivity contribution in [3.05, 3.63) is 48.5 Å². The lowest BCUT2D eigenvalue weighted by Crippen LogP contribution is -2.36. The molecule has 0 N–H and O–H groups in total. The van der Waals surface area contributed by atoms with E-state index in [1.165, 1.54) is 0 Å². The number of fused-ring (bicyclic) bond motifs is 1. The number of ether oxygens (including phenoxy) is 2. The molecule has 0 saturated heterocycles. The lowest BCUT2D eigenvalue weighted by Gasteiger charge is -2.22. The number of anilines is 1. The van der Waals surface area contributed by atoms with Gasteiger partial charge in [-0.2, -0.15) is 0 Å². The summed E-state index contributed by atoms with van der Waals surface area (Å²) in [6.07, 6.45) is 0.958. The topological polar surface area (TPSA) is 38.8 Å². The third-order valence-electron chi connectivity index (χ3n) is 3.96. The molecule has 1 heterocycles.